The van der Waals surface area contributed by atoms with Gasteiger partial charge in [-0.25, -0.2) is 4.79 Å². The molecule has 0 atom stereocenters. The van der Waals surface area contributed by atoms with Gasteiger partial charge in [-0.05, 0) is 26.3 Å². The van der Waals surface area contributed by atoms with Crippen molar-refractivity contribution in [3.63, 3.8) is 0 Å². The van der Waals surface area contributed by atoms with Gasteiger partial charge in [0.2, 0.25) is 0 Å². The van der Waals surface area contributed by atoms with Crippen molar-refractivity contribution in [2.75, 3.05) is 6.61 Å². The van der Waals surface area contributed by atoms with E-state index in [1.165, 1.54) is 5.56 Å². The fourth-order valence-corrected chi connectivity index (χ4v) is 2.75. The van der Waals surface area contributed by atoms with E-state index < -0.39 is 0 Å². The predicted octanol–water partition coefficient (Wildman–Crippen LogP) is 4.21. The van der Waals surface area contributed by atoms with Crippen LogP contribution in [0.4, 0.5) is 0 Å². The molecule has 0 saturated carbocycles. The van der Waals surface area contributed by atoms with Crippen molar-refractivity contribution in [2.24, 2.45) is 0 Å². The Morgan fingerprint density at radius 2 is 1.89 bits per heavy atom. The molecule has 0 saturated heterocycles. The minimum absolute atomic E-state index is 0.238. The largest absolute Gasteiger partial charge is 0.462 e. The summed E-state index contributed by atoms with van der Waals surface area (Å²) in [6.07, 6.45) is 0. The molecular weight excluding hydrogens is 244 g/mol. The van der Waals surface area contributed by atoms with E-state index in [9.17, 15) is 4.79 Å². The summed E-state index contributed by atoms with van der Waals surface area (Å²) in [4.78, 5) is 13.0. The summed E-state index contributed by atoms with van der Waals surface area (Å²) < 4.78 is 5.09. The third-order valence-corrected chi connectivity index (χ3v) is 3.72. The van der Waals surface area contributed by atoms with E-state index in [1.807, 2.05) is 31.4 Å². The number of thiophene rings is 1. The standard InChI is InChI=1S/C15H16O2S/c1-4-17-15(16)13-9-18-11(3)14(13)12-7-5-10(2)6-8-12/h5-9H,4H2,1-3H3. The zero-order valence-corrected chi connectivity index (χ0v) is 11.6. The third kappa shape index (κ3) is 2.46. The minimum Gasteiger partial charge on any atom is -0.462 e. The van der Waals surface area contributed by atoms with Crippen LogP contribution in [0.3, 0.4) is 0 Å². The van der Waals surface area contributed by atoms with Crippen molar-refractivity contribution in [3.8, 4) is 11.1 Å². The lowest BCUT2D eigenvalue weighted by Gasteiger charge is -2.06. The summed E-state index contributed by atoms with van der Waals surface area (Å²) in [7, 11) is 0. The maximum atomic E-state index is 11.9. The molecule has 1 heterocycles. The van der Waals surface area contributed by atoms with Gasteiger partial charge in [-0.2, -0.15) is 0 Å². The number of benzene rings is 1. The summed E-state index contributed by atoms with van der Waals surface area (Å²) in [5, 5.41) is 1.88. The zero-order valence-electron chi connectivity index (χ0n) is 10.8. The predicted molar refractivity (Wildman–Crippen MR) is 75.2 cm³/mol. The van der Waals surface area contributed by atoms with Crippen molar-refractivity contribution in [3.05, 3.63) is 45.6 Å². The molecule has 2 nitrogen and oxygen atoms in total. The normalized spacial score (nSPS) is 10.4. The number of esters is 1. The molecule has 2 rings (SSSR count). The Morgan fingerprint density at radius 1 is 1.22 bits per heavy atom. The molecule has 0 aliphatic heterocycles. The summed E-state index contributed by atoms with van der Waals surface area (Å²) in [6.45, 7) is 6.31. The zero-order chi connectivity index (χ0) is 13.1. The topological polar surface area (TPSA) is 26.3 Å². The summed E-state index contributed by atoms with van der Waals surface area (Å²) in [5.74, 6) is -0.238. The molecule has 0 unspecified atom stereocenters. The highest BCUT2D eigenvalue weighted by molar-refractivity contribution is 7.10. The molecular formula is C15H16O2S. The molecule has 0 radical (unpaired) electrons. The van der Waals surface area contributed by atoms with Crippen molar-refractivity contribution in [1.82, 2.24) is 0 Å². The Labute approximate surface area is 111 Å². The van der Waals surface area contributed by atoms with Gasteiger partial charge in [0.05, 0.1) is 12.2 Å². The Morgan fingerprint density at radius 3 is 2.50 bits per heavy atom. The molecule has 0 fully saturated rings. The van der Waals surface area contributed by atoms with Gasteiger partial charge < -0.3 is 4.74 Å². The second-order valence-corrected chi connectivity index (χ2v) is 5.25. The van der Waals surface area contributed by atoms with Crippen molar-refractivity contribution in [1.29, 1.82) is 0 Å². The van der Waals surface area contributed by atoms with Gasteiger partial charge >= 0.3 is 5.97 Å². The molecule has 0 amide bonds. The van der Waals surface area contributed by atoms with Crippen LogP contribution in [-0.2, 0) is 4.74 Å². The summed E-state index contributed by atoms with van der Waals surface area (Å²) in [6, 6.07) is 8.21. The first-order valence-electron chi connectivity index (χ1n) is 5.95. The molecule has 3 heteroatoms. The van der Waals surface area contributed by atoms with E-state index in [0.29, 0.717) is 12.2 Å². The van der Waals surface area contributed by atoms with Crippen LogP contribution in [-0.4, -0.2) is 12.6 Å². The Balaban J connectivity index is 2.46. The fraction of sp³-hybridized carbons (Fsp3) is 0.267. The second kappa shape index (κ2) is 5.36. The quantitative estimate of drug-likeness (QED) is 0.773. The van der Waals surface area contributed by atoms with Crippen LogP contribution in [0.1, 0.15) is 27.7 Å². The van der Waals surface area contributed by atoms with Crippen LogP contribution in [0, 0.1) is 13.8 Å². The highest BCUT2D eigenvalue weighted by Crippen LogP contribution is 2.32. The van der Waals surface area contributed by atoms with Gasteiger partial charge in [0.1, 0.15) is 0 Å². The molecule has 0 spiro atoms. The van der Waals surface area contributed by atoms with E-state index in [-0.39, 0.29) is 5.97 Å². The highest BCUT2D eigenvalue weighted by atomic mass is 32.1. The van der Waals surface area contributed by atoms with Crippen LogP contribution in [0.5, 0.6) is 0 Å². The lowest BCUT2D eigenvalue weighted by Crippen LogP contribution is -2.04. The molecule has 2 aromatic rings. The number of rotatable bonds is 3. The fourth-order valence-electron chi connectivity index (χ4n) is 1.89. The van der Waals surface area contributed by atoms with Gasteiger partial charge in [-0.15, -0.1) is 11.3 Å². The van der Waals surface area contributed by atoms with Crippen molar-refractivity contribution < 1.29 is 9.53 Å². The van der Waals surface area contributed by atoms with Gasteiger partial charge in [0.25, 0.3) is 0 Å². The minimum atomic E-state index is -0.238. The molecule has 0 bridgehead atoms. The Kier molecular flexibility index (Phi) is 3.82. The first kappa shape index (κ1) is 12.8. The number of aryl methyl sites for hydroxylation is 2. The monoisotopic (exact) mass is 260 g/mol. The first-order chi connectivity index (χ1) is 8.63. The molecule has 0 N–H and O–H groups in total. The summed E-state index contributed by atoms with van der Waals surface area (Å²) >= 11 is 1.58. The van der Waals surface area contributed by atoms with Gasteiger partial charge in [0.15, 0.2) is 0 Å². The lowest BCUT2D eigenvalue weighted by molar-refractivity contribution is 0.0528. The van der Waals surface area contributed by atoms with E-state index in [0.717, 1.165) is 16.0 Å². The molecule has 0 aliphatic carbocycles. The molecule has 1 aromatic heterocycles. The molecule has 1 aromatic carbocycles. The van der Waals surface area contributed by atoms with Gasteiger partial charge in [-0.1, -0.05) is 29.8 Å². The van der Waals surface area contributed by atoms with Gasteiger partial charge in [0, 0.05) is 15.8 Å². The maximum Gasteiger partial charge on any atom is 0.339 e. The number of ether oxygens (including phenoxy) is 1. The van der Waals surface area contributed by atoms with Crippen LogP contribution in [0.15, 0.2) is 29.6 Å². The Bertz CT molecular complexity index is 552. The molecule has 0 aliphatic rings. The smallest absolute Gasteiger partial charge is 0.339 e. The molecule has 94 valence electrons. The highest BCUT2D eigenvalue weighted by Gasteiger charge is 2.17. The van der Waals surface area contributed by atoms with Crippen LogP contribution in [0.25, 0.3) is 11.1 Å². The number of carbonyl (C=O) groups excluding carboxylic acids is 1. The summed E-state index contributed by atoms with van der Waals surface area (Å²) in [5.41, 5.74) is 3.95. The SMILES string of the molecule is CCOC(=O)c1csc(C)c1-c1ccc(C)cc1. The second-order valence-electron chi connectivity index (χ2n) is 4.17. The van der Waals surface area contributed by atoms with Crippen molar-refractivity contribution in [2.45, 2.75) is 20.8 Å². The molecule has 18 heavy (non-hydrogen) atoms. The number of hydrogen-bond donors (Lipinski definition) is 0. The average Bonchev–Trinajstić information content (AvgIpc) is 2.73. The van der Waals surface area contributed by atoms with Crippen LogP contribution < -0.4 is 0 Å². The van der Waals surface area contributed by atoms with E-state index in [2.05, 4.69) is 19.1 Å². The number of carbonyl (C=O) groups is 1. The first-order valence-corrected chi connectivity index (χ1v) is 6.83. The average molecular weight is 260 g/mol. The van der Waals surface area contributed by atoms with Gasteiger partial charge in [-0.3, -0.25) is 0 Å². The van der Waals surface area contributed by atoms with E-state index >= 15 is 0 Å². The number of hydrogen-bond acceptors (Lipinski definition) is 3. The van der Waals surface area contributed by atoms with E-state index in [1.54, 1.807) is 11.3 Å². The van der Waals surface area contributed by atoms with Crippen LogP contribution >= 0.6 is 11.3 Å². The van der Waals surface area contributed by atoms with E-state index in [4.69, 9.17) is 4.74 Å². The maximum absolute atomic E-state index is 11.9. The third-order valence-electron chi connectivity index (χ3n) is 2.81. The van der Waals surface area contributed by atoms with Crippen molar-refractivity contribution >= 4 is 17.3 Å². The van der Waals surface area contributed by atoms with Crippen LogP contribution in [0.2, 0.25) is 0 Å². The lowest BCUT2D eigenvalue weighted by atomic mass is 10.0. The Hall–Kier alpha value is -1.61.